The van der Waals surface area contributed by atoms with E-state index in [4.69, 9.17) is 28.2 Å². The van der Waals surface area contributed by atoms with Gasteiger partial charge in [0, 0.05) is 5.56 Å². The number of hydrogen-bond acceptors (Lipinski definition) is 4. The minimum atomic E-state index is -0.646. The topological polar surface area (TPSA) is 62.6 Å². The molecule has 4 rings (SSSR count). The van der Waals surface area contributed by atoms with Gasteiger partial charge in [-0.25, -0.2) is 4.39 Å². The van der Waals surface area contributed by atoms with Crippen LogP contribution in [-0.4, -0.2) is 16.9 Å². The molecule has 0 bridgehead atoms. The van der Waals surface area contributed by atoms with E-state index >= 15 is 0 Å². The van der Waals surface area contributed by atoms with Crippen molar-refractivity contribution in [3.63, 3.8) is 0 Å². The summed E-state index contributed by atoms with van der Waals surface area (Å²) >= 11 is 11.3. The molecule has 2 amide bonds. The van der Waals surface area contributed by atoms with Crippen molar-refractivity contribution in [2.24, 2.45) is 0 Å². The quantitative estimate of drug-likeness (QED) is 0.378. The van der Waals surface area contributed by atoms with Gasteiger partial charge in [0.25, 0.3) is 11.8 Å². The zero-order valence-corrected chi connectivity index (χ0v) is 16.3. The van der Waals surface area contributed by atoms with Crippen molar-refractivity contribution in [1.29, 1.82) is 0 Å². The number of nitrogens with zero attached hydrogens (tertiary/aromatic N) is 1. The molecule has 8 heteroatoms. The van der Waals surface area contributed by atoms with Crippen LogP contribution in [0.3, 0.4) is 0 Å². The summed E-state index contributed by atoms with van der Waals surface area (Å²) in [5.41, 5.74) is 0.724. The number of hydrogen-bond donors (Lipinski definition) is 1. The number of rotatable bonds is 3. The molecule has 3 aromatic rings. The minimum absolute atomic E-state index is 0.0647. The van der Waals surface area contributed by atoms with Crippen LogP contribution >= 0.6 is 23.8 Å². The number of amides is 2. The molecular formula is C21H12ClFN2O3S. The molecule has 0 aliphatic carbocycles. The van der Waals surface area contributed by atoms with Gasteiger partial charge >= 0.3 is 0 Å². The molecule has 0 radical (unpaired) electrons. The third-order valence-electron chi connectivity index (χ3n) is 4.22. The Labute approximate surface area is 175 Å². The fraction of sp³-hybridized carbons (Fsp3) is 0. The predicted molar refractivity (Wildman–Crippen MR) is 112 cm³/mol. The summed E-state index contributed by atoms with van der Waals surface area (Å²) in [6.07, 6.45) is 1.31. The van der Waals surface area contributed by atoms with E-state index in [1.807, 2.05) is 0 Å². The molecule has 0 spiro atoms. The first-order valence-corrected chi connectivity index (χ1v) is 9.24. The van der Waals surface area contributed by atoms with Gasteiger partial charge in [-0.1, -0.05) is 35.9 Å². The monoisotopic (exact) mass is 426 g/mol. The first-order valence-electron chi connectivity index (χ1n) is 8.46. The number of furan rings is 1. The maximum absolute atomic E-state index is 13.4. The lowest BCUT2D eigenvalue weighted by molar-refractivity contribution is -0.122. The van der Waals surface area contributed by atoms with Crippen molar-refractivity contribution in [1.82, 2.24) is 5.32 Å². The number of carbonyl (C=O) groups is 2. The Kier molecular flexibility index (Phi) is 5.00. The number of benzene rings is 2. The Hall–Kier alpha value is -3.29. The molecule has 0 atom stereocenters. The van der Waals surface area contributed by atoms with Crippen LogP contribution < -0.4 is 10.2 Å². The molecule has 1 aromatic heterocycles. The summed E-state index contributed by atoms with van der Waals surface area (Å²) in [6.45, 7) is 0. The van der Waals surface area contributed by atoms with Crippen molar-refractivity contribution in [3.8, 4) is 11.3 Å². The third kappa shape index (κ3) is 3.70. The van der Waals surface area contributed by atoms with Gasteiger partial charge in [0.15, 0.2) is 5.11 Å². The SMILES string of the molecule is O=C1NC(=S)N(c2ccccc2Cl)C(=O)/C1=C/c1ccc(-c2cccc(F)c2)o1. The second-order valence-electron chi connectivity index (χ2n) is 6.12. The fourth-order valence-corrected chi connectivity index (χ4v) is 3.37. The van der Waals surface area contributed by atoms with Crippen LogP contribution in [0.2, 0.25) is 5.02 Å². The number of nitrogens with one attached hydrogen (secondary N) is 1. The van der Waals surface area contributed by atoms with Crippen molar-refractivity contribution in [3.05, 3.63) is 82.8 Å². The molecule has 1 aliphatic rings. The second-order valence-corrected chi connectivity index (χ2v) is 6.92. The third-order valence-corrected chi connectivity index (χ3v) is 4.82. The Morgan fingerprint density at radius 1 is 1.07 bits per heavy atom. The number of halogens is 2. The Morgan fingerprint density at radius 3 is 2.62 bits per heavy atom. The first-order chi connectivity index (χ1) is 13.9. The van der Waals surface area contributed by atoms with Crippen LogP contribution in [0.15, 0.2) is 70.7 Å². The second kappa shape index (κ2) is 7.62. The van der Waals surface area contributed by atoms with Crippen LogP contribution in [0.4, 0.5) is 10.1 Å². The largest absolute Gasteiger partial charge is 0.457 e. The average molecular weight is 427 g/mol. The van der Waals surface area contributed by atoms with Crippen molar-refractivity contribution in [2.45, 2.75) is 0 Å². The zero-order chi connectivity index (χ0) is 20.5. The molecule has 2 heterocycles. The number of carbonyl (C=O) groups excluding carboxylic acids is 2. The van der Waals surface area contributed by atoms with Gasteiger partial charge in [0.05, 0.1) is 10.7 Å². The average Bonchev–Trinajstić information content (AvgIpc) is 3.15. The molecule has 0 unspecified atom stereocenters. The summed E-state index contributed by atoms with van der Waals surface area (Å²) < 4.78 is 19.1. The summed E-state index contributed by atoms with van der Waals surface area (Å²) in [6, 6.07) is 15.8. The van der Waals surface area contributed by atoms with Crippen LogP contribution in [0.1, 0.15) is 5.76 Å². The number of para-hydroxylation sites is 1. The van der Waals surface area contributed by atoms with Gasteiger partial charge in [-0.3, -0.25) is 19.8 Å². The van der Waals surface area contributed by atoms with Gasteiger partial charge in [0.2, 0.25) is 0 Å². The lowest BCUT2D eigenvalue weighted by Gasteiger charge is -2.29. The molecular weight excluding hydrogens is 415 g/mol. The smallest absolute Gasteiger partial charge is 0.270 e. The molecule has 144 valence electrons. The van der Waals surface area contributed by atoms with E-state index < -0.39 is 17.6 Å². The normalized spacial score (nSPS) is 15.7. The molecule has 2 aromatic carbocycles. The summed E-state index contributed by atoms with van der Waals surface area (Å²) in [4.78, 5) is 26.5. The van der Waals surface area contributed by atoms with Gasteiger partial charge < -0.3 is 4.42 Å². The molecule has 1 fully saturated rings. The highest BCUT2D eigenvalue weighted by Crippen LogP contribution is 2.29. The Balaban J connectivity index is 1.70. The highest BCUT2D eigenvalue weighted by Gasteiger charge is 2.35. The van der Waals surface area contributed by atoms with Gasteiger partial charge in [-0.05, 0) is 54.7 Å². The minimum Gasteiger partial charge on any atom is -0.457 e. The molecule has 1 N–H and O–H groups in total. The van der Waals surface area contributed by atoms with Gasteiger partial charge in [0.1, 0.15) is 22.9 Å². The van der Waals surface area contributed by atoms with Crippen LogP contribution in [0.5, 0.6) is 0 Å². The lowest BCUT2D eigenvalue weighted by Crippen LogP contribution is -2.54. The molecule has 5 nitrogen and oxygen atoms in total. The molecule has 29 heavy (non-hydrogen) atoms. The van der Waals surface area contributed by atoms with Crippen LogP contribution in [-0.2, 0) is 9.59 Å². The van der Waals surface area contributed by atoms with E-state index in [0.717, 1.165) is 4.90 Å². The van der Waals surface area contributed by atoms with Crippen LogP contribution in [0, 0.1) is 5.82 Å². The van der Waals surface area contributed by atoms with Crippen molar-refractivity contribution in [2.75, 3.05) is 4.90 Å². The zero-order valence-electron chi connectivity index (χ0n) is 14.7. The van der Waals surface area contributed by atoms with E-state index in [1.54, 1.807) is 48.5 Å². The molecule has 0 saturated carbocycles. The summed E-state index contributed by atoms with van der Waals surface area (Å²) in [7, 11) is 0. The Morgan fingerprint density at radius 2 is 1.86 bits per heavy atom. The number of anilines is 1. The highest BCUT2D eigenvalue weighted by molar-refractivity contribution is 7.80. The summed E-state index contributed by atoms with van der Waals surface area (Å²) in [5, 5.41) is 2.73. The van der Waals surface area contributed by atoms with Crippen LogP contribution in [0.25, 0.3) is 17.4 Å². The lowest BCUT2D eigenvalue weighted by atomic mass is 10.1. The predicted octanol–water partition coefficient (Wildman–Crippen LogP) is 4.57. The molecule has 1 saturated heterocycles. The van der Waals surface area contributed by atoms with Crippen molar-refractivity contribution >= 4 is 52.5 Å². The van der Waals surface area contributed by atoms with E-state index in [2.05, 4.69) is 5.32 Å². The van der Waals surface area contributed by atoms with E-state index in [-0.39, 0.29) is 16.4 Å². The maximum Gasteiger partial charge on any atom is 0.270 e. The molecule has 1 aliphatic heterocycles. The van der Waals surface area contributed by atoms with E-state index in [9.17, 15) is 14.0 Å². The van der Waals surface area contributed by atoms with E-state index in [1.165, 1.54) is 18.2 Å². The van der Waals surface area contributed by atoms with E-state index in [0.29, 0.717) is 22.0 Å². The standard InChI is InChI=1S/C21H12ClFN2O3S/c22-16-6-1-2-7-17(16)25-20(27)15(19(26)24-21(25)29)11-14-8-9-18(28-14)12-4-3-5-13(23)10-12/h1-11H,(H,24,26,29)/b15-11+. The Bertz CT molecular complexity index is 1190. The van der Waals surface area contributed by atoms with Gasteiger partial charge in [-0.15, -0.1) is 0 Å². The maximum atomic E-state index is 13.4. The fourth-order valence-electron chi connectivity index (χ4n) is 2.88. The van der Waals surface area contributed by atoms with Crippen molar-refractivity contribution < 1.29 is 18.4 Å². The summed E-state index contributed by atoms with van der Waals surface area (Å²) in [5.74, 6) is -1.01. The number of thiocarbonyl (C=S) groups is 1. The highest BCUT2D eigenvalue weighted by atomic mass is 35.5. The van der Waals surface area contributed by atoms with Gasteiger partial charge in [-0.2, -0.15) is 0 Å². The first kappa shape index (κ1) is 19.0.